The summed E-state index contributed by atoms with van der Waals surface area (Å²) in [5, 5.41) is 13.0. The maximum atomic E-state index is 4.63. The molecule has 1 aromatic carbocycles. The van der Waals surface area contributed by atoms with Crippen LogP contribution in [0.25, 0.3) is 5.69 Å². The maximum absolute atomic E-state index is 4.63. The molecule has 6 heteroatoms. The van der Waals surface area contributed by atoms with Crippen LogP contribution in [0.1, 0.15) is 42.7 Å². The van der Waals surface area contributed by atoms with E-state index in [1.807, 2.05) is 11.6 Å². The zero-order valence-corrected chi connectivity index (χ0v) is 15.6. The fourth-order valence-corrected chi connectivity index (χ4v) is 3.12. The molecule has 2 heterocycles. The molecule has 0 N–H and O–H groups in total. The number of rotatable bonds is 6. The molecule has 0 aliphatic heterocycles. The summed E-state index contributed by atoms with van der Waals surface area (Å²) in [5.41, 5.74) is 4.55. The van der Waals surface area contributed by atoms with Gasteiger partial charge in [0.25, 0.3) is 0 Å². The van der Waals surface area contributed by atoms with Gasteiger partial charge in [-0.25, -0.2) is 4.68 Å². The second-order valence-electron chi connectivity index (χ2n) is 6.89. The number of aromatic nitrogens is 5. The summed E-state index contributed by atoms with van der Waals surface area (Å²) in [7, 11) is 2.11. The third-order valence-electron chi connectivity index (χ3n) is 4.28. The van der Waals surface area contributed by atoms with Crippen molar-refractivity contribution in [3.8, 4) is 5.69 Å². The predicted molar refractivity (Wildman–Crippen MR) is 98.6 cm³/mol. The fourth-order valence-electron chi connectivity index (χ4n) is 3.12. The van der Waals surface area contributed by atoms with Gasteiger partial charge in [-0.05, 0) is 52.4 Å². The van der Waals surface area contributed by atoms with Crippen molar-refractivity contribution >= 4 is 0 Å². The van der Waals surface area contributed by atoms with Gasteiger partial charge in [-0.3, -0.25) is 4.90 Å². The Kier molecular flexibility index (Phi) is 4.99. The monoisotopic (exact) mass is 338 g/mol. The van der Waals surface area contributed by atoms with E-state index in [0.717, 1.165) is 36.0 Å². The fraction of sp³-hybridized carbons (Fsp3) is 0.421. The molecule has 0 saturated carbocycles. The van der Waals surface area contributed by atoms with Crippen LogP contribution < -0.4 is 0 Å². The molecule has 0 amide bonds. The highest BCUT2D eigenvalue weighted by atomic mass is 15.3. The highest BCUT2D eigenvalue weighted by Gasteiger charge is 2.13. The molecule has 132 valence electrons. The Labute approximate surface area is 149 Å². The van der Waals surface area contributed by atoms with E-state index in [2.05, 4.69) is 82.9 Å². The van der Waals surface area contributed by atoms with Crippen LogP contribution in [0.15, 0.2) is 36.7 Å². The highest BCUT2D eigenvalue weighted by molar-refractivity contribution is 5.41. The van der Waals surface area contributed by atoms with Gasteiger partial charge in [0.1, 0.15) is 12.2 Å². The van der Waals surface area contributed by atoms with Gasteiger partial charge in [-0.2, -0.15) is 5.10 Å². The number of nitrogens with zero attached hydrogens (tertiary/aromatic N) is 6. The van der Waals surface area contributed by atoms with Crippen molar-refractivity contribution < 1.29 is 0 Å². The molecule has 2 aromatic heterocycles. The number of aryl methyl sites for hydroxylation is 2. The van der Waals surface area contributed by atoms with Crippen LogP contribution in [-0.4, -0.2) is 36.5 Å². The van der Waals surface area contributed by atoms with E-state index in [4.69, 9.17) is 0 Å². The third kappa shape index (κ3) is 3.79. The van der Waals surface area contributed by atoms with Gasteiger partial charge in [0.15, 0.2) is 0 Å². The number of benzene rings is 1. The first kappa shape index (κ1) is 17.4. The van der Waals surface area contributed by atoms with E-state index in [9.17, 15) is 0 Å². The minimum Gasteiger partial charge on any atom is -0.314 e. The van der Waals surface area contributed by atoms with Crippen LogP contribution >= 0.6 is 0 Å². The third-order valence-corrected chi connectivity index (χ3v) is 4.28. The van der Waals surface area contributed by atoms with Crippen LogP contribution in [0.3, 0.4) is 0 Å². The first-order valence-electron chi connectivity index (χ1n) is 8.64. The van der Waals surface area contributed by atoms with Crippen molar-refractivity contribution in [2.75, 3.05) is 7.05 Å². The molecular formula is C19H26N6. The van der Waals surface area contributed by atoms with E-state index in [-0.39, 0.29) is 0 Å². The molecule has 0 unspecified atom stereocenters. The molecule has 0 spiro atoms. The minimum atomic E-state index is 0.361. The van der Waals surface area contributed by atoms with Crippen LogP contribution in [0.4, 0.5) is 0 Å². The van der Waals surface area contributed by atoms with Gasteiger partial charge >= 0.3 is 0 Å². The lowest BCUT2D eigenvalue weighted by Gasteiger charge is -2.20. The summed E-state index contributed by atoms with van der Waals surface area (Å²) in [4.78, 5) is 2.26. The lowest BCUT2D eigenvalue weighted by atomic mass is 10.1. The maximum Gasteiger partial charge on any atom is 0.147 e. The Morgan fingerprint density at radius 1 is 1.12 bits per heavy atom. The van der Waals surface area contributed by atoms with Crippen LogP contribution in [0, 0.1) is 13.8 Å². The second kappa shape index (κ2) is 7.19. The highest BCUT2D eigenvalue weighted by Crippen LogP contribution is 2.19. The number of hydrogen-bond acceptors (Lipinski definition) is 4. The van der Waals surface area contributed by atoms with Gasteiger partial charge in [0.2, 0.25) is 0 Å². The second-order valence-corrected chi connectivity index (χ2v) is 6.89. The van der Waals surface area contributed by atoms with Gasteiger partial charge < -0.3 is 4.57 Å². The van der Waals surface area contributed by atoms with Gasteiger partial charge in [0.05, 0.1) is 17.9 Å². The standard InChI is InChI=1S/C19H26N6/c1-14(2)24-13-20-21-19(24)12-23(5)11-17-8-6-7-9-18(17)25-16(4)10-15(3)22-25/h6-10,13-14H,11-12H2,1-5H3. The summed E-state index contributed by atoms with van der Waals surface area (Å²) in [6.07, 6.45) is 1.80. The van der Waals surface area contributed by atoms with Crippen LogP contribution in [0.5, 0.6) is 0 Å². The van der Waals surface area contributed by atoms with Crippen molar-refractivity contribution in [3.05, 3.63) is 59.4 Å². The molecule has 0 fully saturated rings. The molecule has 0 aliphatic rings. The number of para-hydroxylation sites is 1. The molecule has 0 aliphatic carbocycles. The zero-order chi connectivity index (χ0) is 18.0. The lowest BCUT2D eigenvalue weighted by Crippen LogP contribution is -2.21. The average Bonchev–Trinajstić information content (AvgIpc) is 3.14. The van der Waals surface area contributed by atoms with Crippen LogP contribution in [-0.2, 0) is 13.1 Å². The first-order chi connectivity index (χ1) is 12.0. The van der Waals surface area contributed by atoms with Gasteiger partial charge in [-0.1, -0.05) is 18.2 Å². The molecule has 0 radical (unpaired) electrons. The quantitative estimate of drug-likeness (QED) is 0.692. The van der Waals surface area contributed by atoms with E-state index >= 15 is 0 Å². The van der Waals surface area contributed by atoms with Gasteiger partial charge in [-0.15, -0.1) is 10.2 Å². The van der Waals surface area contributed by atoms with E-state index in [1.165, 1.54) is 5.56 Å². The Hall–Kier alpha value is -2.47. The smallest absolute Gasteiger partial charge is 0.147 e. The summed E-state index contributed by atoms with van der Waals surface area (Å²) in [6.45, 7) is 9.97. The van der Waals surface area contributed by atoms with Crippen molar-refractivity contribution in [1.82, 2.24) is 29.4 Å². The normalized spacial score (nSPS) is 11.6. The Morgan fingerprint density at radius 2 is 1.88 bits per heavy atom. The molecule has 25 heavy (non-hydrogen) atoms. The Morgan fingerprint density at radius 3 is 2.56 bits per heavy atom. The van der Waals surface area contributed by atoms with E-state index in [1.54, 1.807) is 6.33 Å². The summed E-state index contributed by atoms with van der Waals surface area (Å²) in [6, 6.07) is 10.9. The minimum absolute atomic E-state index is 0.361. The molecule has 0 bridgehead atoms. The molecule has 6 nitrogen and oxygen atoms in total. The van der Waals surface area contributed by atoms with E-state index < -0.39 is 0 Å². The molecule has 0 atom stereocenters. The Balaban J connectivity index is 1.81. The number of hydrogen-bond donors (Lipinski definition) is 0. The van der Waals surface area contributed by atoms with E-state index in [0.29, 0.717) is 6.04 Å². The zero-order valence-electron chi connectivity index (χ0n) is 15.6. The van der Waals surface area contributed by atoms with Crippen molar-refractivity contribution in [2.24, 2.45) is 0 Å². The van der Waals surface area contributed by atoms with Crippen molar-refractivity contribution in [1.29, 1.82) is 0 Å². The molecule has 3 aromatic rings. The first-order valence-corrected chi connectivity index (χ1v) is 8.64. The summed E-state index contributed by atoms with van der Waals surface area (Å²) >= 11 is 0. The predicted octanol–water partition coefficient (Wildman–Crippen LogP) is 3.29. The summed E-state index contributed by atoms with van der Waals surface area (Å²) < 4.78 is 4.14. The summed E-state index contributed by atoms with van der Waals surface area (Å²) in [5.74, 6) is 0.987. The lowest BCUT2D eigenvalue weighted by molar-refractivity contribution is 0.301. The van der Waals surface area contributed by atoms with Crippen LogP contribution in [0.2, 0.25) is 0 Å². The average molecular weight is 338 g/mol. The molecule has 3 rings (SSSR count). The topological polar surface area (TPSA) is 51.8 Å². The van der Waals surface area contributed by atoms with Crippen molar-refractivity contribution in [2.45, 2.75) is 46.8 Å². The SMILES string of the molecule is Cc1cc(C)n(-c2ccccc2CN(C)Cc2nncn2C(C)C)n1. The van der Waals surface area contributed by atoms with Gasteiger partial charge in [0, 0.05) is 18.3 Å². The molecule has 0 saturated heterocycles. The van der Waals surface area contributed by atoms with Crippen molar-refractivity contribution in [3.63, 3.8) is 0 Å². The molecular weight excluding hydrogens is 312 g/mol. The Bertz CT molecular complexity index is 845. The largest absolute Gasteiger partial charge is 0.314 e.